The molecule has 6 heteroatoms. The molecule has 0 unspecified atom stereocenters. The van der Waals surface area contributed by atoms with E-state index in [-0.39, 0.29) is 11.9 Å². The summed E-state index contributed by atoms with van der Waals surface area (Å²) in [6.45, 7) is 5.52. The first-order valence-corrected chi connectivity index (χ1v) is 8.69. The maximum absolute atomic E-state index is 13.2. The van der Waals surface area contributed by atoms with Crippen molar-refractivity contribution < 1.29 is 8.81 Å². The standard InChI is InChI=1S/C20H25FN4O/c1-14-18(12-22-13-19(24(3)4)20-6-5-11-26-20)15(2)25(23-14)17-9-7-16(21)8-10-17/h5-11,19,22H,12-13H2,1-4H3/t19-/m1/s1. The lowest BCUT2D eigenvalue weighted by Crippen LogP contribution is -2.30. The van der Waals surface area contributed by atoms with Crippen LogP contribution in [-0.4, -0.2) is 35.3 Å². The second-order valence-electron chi connectivity index (χ2n) is 6.66. The Morgan fingerprint density at radius 1 is 1.19 bits per heavy atom. The number of nitrogens with one attached hydrogen (secondary N) is 1. The normalized spacial score (nSPS) is 12.7. The van der Waals surface area contributed by atoms with E-state index in [4.69, 9.17) is 4.42 Å². The summed E-state index contributed by atoms with van der Waals surface area (Å²) in [7, 11) is 4.08. The van der Waals surface area contributed by atoms with Crippen LogP contribution >= 0.6 is 0 Å². The lowest BCUT2D eigenvalue weighted by molar-refractivity contribution is 0.250. The van der Waals surface area contributed by atoms with Gasteiger partial charge in [-0.1, -0.05) is 0 Å². The van der Waals surface area contributed by atoms with E-state index in [1.807, 2.05) is 44.8 Å². The smallest absolute Gasteiger partial charge is 0.123 e. The van der Waals surface area contributed by atoms with Crippen LogP contribution in [0.3, 0.4) is 0 Å². The third-order valence-corrected chi connectivity index (χ3v) is 4.65. The van der Waals surface area contributed by atoms with Crippen LogP contribution in [0.5, 0.6) is 0 Å². The minimum atomic E-state index is -0.246. The van der Waals surface area contributed by atoms with E-state index in [9.17, 15) is 4.39 Å². The highest BCUT2D eigenvalue weighted by atomic mass is 19.1. The second-order valence-corrected chi connectivity index (χ2v) is 6.66. The number of hydrogen-bond acceptors (Lipinski definition) is 4. The molecule has 0 spiro atoms. The van der Waals surface area contributed by atoms with Gasteiger partial charge in [-0.25, -0.2) is 9.07 Å². The fourth-order valence-corrected chi connectivity index (χ4v) is 3.12. The fraction of sp³-hybridized carbons (Fsp3) is 0.350. The Morgan fingerprint density at radius 2 is 1.92 bits per heavy atom. The highest BCUT2D eigenvalue weighted by Gasteiger charge is 2.18. The zero-order valence-electron chi connectivity index (χ0n) is 15.7. The quantitative estimate of drug-likeness (QED) is 0.702. The fourth-order valence-electron chi connectivity index (χ4n) is 3.12. The summed E-state index contributed by atoms with van der Waals surface area (Å²) in [6.07, 6.45) is 1.70. The molecule has 0 saturated heterocycles. The van der Waals surface area contributed by atoms with Gasteiger partial charge in [0.1, 0.15) is 11.6 Å². The first-order chi connectivity index (χ1) is 12.5. The molecule has 3 rings (SSSR count). The van der Waals surface area contributed by atoms with E-state index in [2.05, 4.69) is 15.3 Å². The molecule has 26 heavy (non-hydrogen) atoms. The summed E-state index contributed by atoms with van der Waals surface area (Å²) in [6, 6.07) is 10.5. The van der Waals surface area contributed by atoms with Crippen LogP contribution in [0.25, 0.3) is 5.69 Å². The topological polar surface area (TPSA) is 46.2 Å². The Labute approximate surface area is 153 Å². The van der Waals surface area contributed by atoms with Crippen LogP contribution in [-0.2, 0) is 6.54 Å². The first-order valence-electron chi connectivity index (χ1n) is 8.69. The number of aromatic nitrogens is 2. The van der Waals surface area contributed by atoms with Gasteiger partial charge in [0, 0.05) is 24.3 Å². The minimum absolute atomic E-state index is 0.165. The van der Waals surface area contributed by atoms with Crippen LogP contribution < -0.4 is 5.32 Å². The van der Waals surface area contributed by atoms with Gasteiger partial charge in [0.25, 0.3) is 0 Å². The molecule has 0 aliphatic carbocycles. The summed E-state index contributed by atoms with van der Waals surface area (Å²) in [4.78, 5) is 2.13. The van der Waals surface area contributed by atoms with E-state index in [1.165, 1.54) is 12.1 Å². The van der Waals surface area contributed by atoms with Gasteiger partial charge in [0.15, 0.2) is 0 Å². The van der Waals surface area contributed by atoms with Gasteiger partial charge in [-0.05, 0) is 64.3 Å². The molecule has 138 valence electrons. The third kappa shape index (κ3) is 3.86. The summed E-state index contributed by atoms with van der Waals surface area (Å²) >= 11 is 0. The molecule has 0 bridgehead atoms. The lowest BCUT2D eigenvalue weighted by atomic mass is 10.1. The molecule has 1 N–H and O–H groups in total. The number of aryl methyl sites for hydroxylation is 1. The molecule has 0 saturated carbocycles. The minimum Gasteiger partial charge on any atom is -0.468 e. The molecule has 2 heterocycles. The van der Waals surface area contributed by atoms with Gasteiger partial charge in [-0.3, -0.25) is 4.90 Å². The van der Waals surface area contributed by atoms with Gasteiger partial charge in [0.05, 0.1) is 23.7 Å². The molecule has 0 radical (unpaired) electrons. The van der Waals surface area contributed by atoms with E-state index in [0.29, 0.717) is 6.54 Å². The maximum atomic E-state index is 13.2. The van der Waals surface area contributed by atoms with Crippen molar-refractivity contribution in [2.45, 2.75) is 26.4 Å². The summed E-state index contributed by atoms with van der Waals surface area (Å²) in [5, 5.41) is 8.13. The molecule has 1 atom stereocenters. The summed E-state index contributed by atoms with van der Waals surface area (Å²) < 4.78 is 20.6. The van der Waals surface area contributed by atoms with Crippen LogP contribution in [0.15, 0.2) is 47.1 Å². The summed E-state index contributed by atoms with van der Waals surface area (Å²) in [5.74, 6) is 0.697. The van der Waals surface area contributed by atoms with Gasteiger partial charge in [0.2, 0.25) is 0 Å². The Morgan fingerprint density at radius 3 is 2.54 bits per heavy atom. The van der Waals surface area contributed by atoms with E-state index in [1.54, 1.807) is 18.4 Å². The number of likely N-dealkylation sites (N-methyl/N-ethyl adjacent to an activating group) is 1. The molecule has 3 aromatic rings. The molecule has 2 aromatic heterocycles. The van der Waals surface area contributed by atoms with Crippen molar-refractivity contribution in [1.82, 2.24) is 20.0 Å². The molecule has 0 aliphatic heterocycles. The van der Waals surface area contributed by atoms with Crippen LogP contribution in [0, 0.1) is 19.7 Å². The molecule has 1 aromatic carbocycles. The van der Waals surface area contributed by atoms with Gasteiger partial charge >= 0.3 is 0 Å². The van der Waals surface area contributed by atoms with Crippen LogP contribution in [0.4, 0.5) is 4.39 Å². The molecular weight excluding hydrogens is 331 g/mol. The number of rotatable bonds is 7. The monoisotopic (exact) mass is 356 g/mol. The van der Waals surface area contributed by atoms with Crippen LogP contribution in [0.2, 0.25) is 0 Å². The van der Waals surface area contributed by atoms with Gasteiger partial charge in [-0.15, -0.1) is 0 Å². The number of nitrogens with zero attached hydrogens (tertiary/aromatic N) is 3. The lowest BCUT2D eigenvalue weighted by Gasteiger charge is -2.22. The second kappa shape index (κ2) is 7.85. The SMILES string of the molecule is Cc1nn(-c2ccc(F)cc2)c(C)c1CNC[C@H](c1ccco1)N(C)C. The highest BCUT2D eigenvalue weighted by molar-refractivity contribution is 5.37. The van der Waals surface area contributed by atoms with Crippen LogP contribution in [0.1, 0.15) is 28.8 Å². The van der Waals surface area contributed by atoms with Crippen molar-refractivity contribution in [2.24, 2.45) is 0 Å². The molecular formula is C20H25FN4O. The predicted octanol–water partition coefficient (Wildman–Crippen LogP) is 3.61. The van der Waals surface area contributed by atoms with Gasteiger partial charge < -0.3 is 9.73 Å². The Hall–Kier alpha value is -2.44. The maximum Gasteiger partial charge on any atom is 0.123 e. The predicted molar refractivity (Wildman–Crippen MR) is 99.8 cm³/mol. The van der Waals surface area contributed by atoms with Crippen molar-refractivity contribution in [3.8, 4) is 5.69 Å². The number of benzene rings is 1. The van der Waals surface area contributed by atoms with E-state index >= 15 is 0 Å². The number of furan rings is 1. The van der Waals surface area contributed by atoms with Crippen molar-refractivity contribution in [1.29, 1.82) is 0 Å². The van der Waals surface area contributed by atoms with E-state index < -0.39 is 0 Å². The Balaban J connectivity index is 1.71. The van der Waals surface area contributed by atoms with Crippen molar-refractivity contribution in [3.63, 3.8) is 0 Å². The molecule has 0 amide bonds. The van der Waals surface area contributed by atoms with Gasteiger partial charge in [-0.2, -0.15) is 5.10 Å². The Bertz CT molecular complexity index is 838. The molecule has 0 aliphatic rings. The zero-order chi connectivity index (χ0) is 18.7. The van der Waals surface area contributed by atoms with E-state index in [0.717, 1.165) is 34.9 Å². The van der Waals surface area contributed by atoms with Crippen molar-refractivity contribution >= 4 is 0 Å². The van der Waals surface area contributed by atoms with Crippen molar-refractivity contribution in [2.75, 3.05) is 20.6 Å². The molecule has 0 fully saturated rings. The number of hydrogen-bond donors (Lipinski definition) is 1. The largest absolute Gasteiger partial charge is 0.468 e. The first kappa shape index (κ1) is 18.4. The highest BCUT2D eigenvalue weighted by Crippen LogP contribution is 2.20. The van der Waals surface area contributed by atoms with Crippen molar-refractivity contribution in [3.05, 3.63) is 71.2 Å². The average molecular weight is 356 g/mol. The average Bonchev–Trinajstić information content (AvgIpc) is 3.22. The zero-order valence-corrected chi connectivity index (χ0v) is 15.7. The summed E-state index contributed by atoms with van der Waals surface area (Å²) in [5.41, 5.74) is 4.05. The number of halogens is 1. The molecule has 5 nitrogen and oxygen atoms in total. The third-order valence-electron chi connectivity index (χ3n) is 4.65. The Kier molecular flexibility index (Phi) is 5.54.